The molecule has 0 bridgehead atoms. The van der Waals surface area contributed by atoms with Gasteiger partial charge in [0.2, 0.25) is 0 Å². The number of benzene rings is 1. The van der Waals surface area contributed by atoms with Crippen molar-refractivity contribution < 1.29 is 9.18 Å². The summed E-state index contributed by atoms with van der Waals surface area (Å²) in [5.74, 6) is -0.338. The van der Waals surface area contributed by atoms with E-state index in [1.54, 1.807) is 24.3 Å². The number of halogens is 2. The molecule has 0 unspecified atom stereocenters. The van der Waals surface area contributed by atoms with Gasteiger partial charge in [0.05, 0.1) is 5.69 Å². The number of rotatable bonds is 3. The normalized spacial score (nSPS) is 10.0. The molecule has 1 aromatic heterocycles. The molecular weight excluding hydrogens is 269 g/mol. The van der Waals surface area contributed by atoms with Crippen molar-refractivity contribution in [1.82, 2.24) is 10.3 Å². The molecule has 2 N–H and O–H groups in total. The highest BCUT2D eigenvalue weighted by atomic mass is 35.5. The average molecular weight is 280 g/mol. The number of hydrogen-bond donors (Lipinski definition) is 2. The Morgan fingerprint density at radius 3 is 2.89 bits per heavy atom. The van der Waals surface area contributed by atoms with Crippen LogP contribution in [0.2, 0.25) is 5.15 Å². The lowest BCUT2D eigenvalue weighted by atomic mass is 10.2. The molecule has 0 aliphatic carbocycles. The standard InChI is InChI=1S/C13H11ClFN3O/c14-12-11(5-2-6-16-12)18-13(19)17-8-9-3-1-4-10(15)7-9/h1-7H,8H2,(H2,17,18,19). The molecule has 2 amide bonds. The minimum Gasteiger partial charge on any atom is -0.334 e. The van der Waals surface area contributed by atoms with Crippen molar-refractivity contribution in [2.24, 2.45) is 0 Å². The fourth-order valence-electron chi connectivity index (χ4n) is 1.48. The fraction of sp³-hybridized carbons (Fsp3) is 0.0769. The van der Waals surface area contributed by atoms with Gasteiger partial charge in [-0.1, -0.05) is 23.7 Å². The van der Waals surface area contributed by atoms with Crippen LogP contribution in [-0.4, -0.2) is 11.0 Å². The number of nitrogens with zero attached hydrogens (tertiary/aromatic N) is 1. The predicted molar refractivity (Wildman–Crippen MR) is 71.5 cm³/mol. The smallest absolute Gasteiger partial charge is 0.319 e. The number of hydrogen-bond acceptors (Lipinski definition) is 2. The summed E-state index contributed by atoms with van der Waals surface area (Å²) < 4.78 is 12.9. The summed E-state index contributed by atoms with van der Waals surface area (Å²) >= 11 is 5.80. The second-order valence-electron chi connectivity index (χ2n) is 3.78. The Hall–Kier alpha value is -2.14. The third-order valence-corrected chi connectivity index (χ3v) is 2.65. The number of anilines is 1. The Balaban J connectivity index is 1.90. The first-order valence-electron chi connectivity index (χ1n) is 5.55. The number of carbonyl (C=O) groups is 1. The number of nitrogens with one attached hydrogen (secondary N) is 2. The van der Waals surface area contributed by atoms with E-state index in [9.17, 15) is 9.18 Å². The third kappa shape index (κ3) is 3.93. The van der Waals surface area contributed by atoms with Crippen LogP contribution in [-0.2, 0) is 6.54 Å². The minimum absolute atomic E-state index is 0.211. The maximum Gasteiger partial charge on any atom is 0.319 e. The van der Waals surface area contributed by atoms with Crippen LogP contribution in [0.5, 0.6) is 0 Å². The van der Waals surface area contributed by atoms with E-state index in [-0.39, 0.29) is 17.5 Å². The molecule has 19 heavy (non-hydrogen) atoms. The van der Waals surface area contributed by atoms with Crippen molar-refractivity contribution in [3.63, 3.8) is 0 Å². The lowest BCUT2D eigenvalue weighted by molar-refractivity contribution is 0.251. The van der Waals surface area contributed by atoms with Crippen molar-refractivity contribution in [2.45, 2.75) is 6.54 Å². The van der Waals surface area contributed by atoms with Gasteiger partial charge in [-0.15, -0.1) is 0 Å². The highest BCUT2D eigenvalue weighted by molar-refractivity contribution is 6.32. The van der Waals surface area contributed by atoms with Gasteiger partial charge in [-0.3, -0.25) is 0 Å². The molecule has 0 aliphatic heterocycles. The summed E-state index contributed by atoms with van der Waals surface area (Å²) in [5.41, 5.74) is 1.09. The molecule has 0 aliphatic rings. The predicted octanol–water partition coefficient (Wildman–Crippen LogP) is 3.20. The first-order valence-corrected chi connectivity index (χ1v) is 5.93. The lowest BCUT2D eigenvalue weighted by Gasteiger charge is -2.08. The number of aromatic nitrogens is 1. The van der Waals surface area contributed by atoms with Gasteiger partial charge in [-0.05, 0) is 29.8 Å². The Kier molecular flexibility index (Phi) is 4.30. The zero-order valence-electron chi connectivity index (χ0n) is 9.86. The molecule has 98 valence electrons. The summed E-state index contributed by atoms with van der Waals surface area (Å²) in [7, 11) is 0. The van der Waals surface area contributed by atoms with Crippen molar-refractivity contribution in [2.75, 3.05) is 5.32 Å². The lowest BCUT2D eigenvalue weighted by Crippen LogP contribution is -2.28. The van der Waals surface area contributed by atoms with Gasteiger partial charge in [0.15, 0.2) is 5.15 Å². The Labute approximate surface area is 114 Å². The van der Waals surface area contributed by atoms with E-state index >= 15 is 0 Å². The first-order chi connectivity index (χ1) is 9.15. The zero-order chi connectivity index (χ0) is 13.7. The molecule has 1 heterocycles. The van der Waals surface area contributed by atoms with Gasteiger partial charge in [0.25, 0.3) is 0 Å². The van der Waals surface area contributed by atoms with Crippen molar-refractivity contribution in [1.29, 1.82) is 0 Å². The molecule has 4 nitrogen and oxygen atoms in total. The van der Waals surface area contributed by atoms with E-state index in [1.807, 2.05) is 0 Å². The second-order valence-corrected chi connectivity index (χ2v) is 4.14. The average Bonchev–Trinajstić information content (AvgIpc) is 2.39. The molecule has 0 fully saturated rings. The number of amides is 2. The molecule has 0 saturated carbocycles. The number of carbonyl (C=O) groups excluding carboxylic acids is 1. The van der Waals surface area contributed by atoms with Gasteiger partial charge >= 0.3 is 6.03 Å². The monoisotopic (exact) mass is 279 g/mol. The van der Waals surface area contributed by atoms with Crippen LogP contribution >= 0.6 is 11.6 Å². The molecule has 0 radical (unpaired) electrons. The SMILES string of the molecule is O=C(NCc1cccc(F)c1)Nc1cccnc1Cl. The van der Waals surface area contributed by atoms with Crippen LogP contribution < -0.4 is 10.6 Å². The highest BCUT2D eigenvalue weighted by Crippen LogP contribution is 2.17. The molecular formula is C13H11ClFN3O. The number of pyridine rings is 1. The Morgan fingerprint density at radius 2 is 2.16 bits per heavy atom. The fourth-order valence-corrected chi connectivity index (χ4v) is 1.64. The maximum atomic E-state index is 12.9. The molecule has 0 saturated heterocycles. The van der Waals surface area contributed by atoms with Crippen LogP contribution in [0.15, 0.2) is 42.6 Å². The molecule has 0 atom stereocenters. The quantitative estimate of drug-likeness (QED) is 0.848. The summed E-state index contributed by atoms with van der Waals surface area (Å²) in [6.07, 6.45) is 1.53. The molecule has 1 aromatic carbocycles. The first kappa shape index (κ1) is 13.3. The van der Waals surface area contributed by atoms with Crippen LogP contribution in [0, 0.1) is 5.82 Å². The van der Waals surface area contributed by atoms with E-state index in [0.717, 1.165) is 0 Å². The van der Waals surface area contributed by atoms with Crippen LogP contribution in [0.1, 0.15) is 5.56 Å². The molecule has 2 aromatic rings. The van der Waals surface area contributed by atoms with E-state index < -0.39 is 6.03 Å². The third-order valence-electron chi connectivity index (χ3n) is 2.35. The summed E-state index contributed by atoms with van der Waals surface area (Å²) in [6, 6.07) is 8.88. The van der Waals surface area contributed by atoms with Gasteiger partial charge in [-0.2, -0.15) is 0 Å². The number of urea groups is 1. The van der Waals surface area contributed by atoms with Crippen molar-refractivity contribution >= 4 is 23.3 Å². The molecule has 2 rings (SSSR count). The minimum atomic E-state index is -0.431. The highest BCUT2D eigenvalue weighted by Gasteiger charge is 2.05. The van der Waals surface area contributed by atoms with E-state index in [2.05, 4.69) is 15.6 Å². The Bertz CT molecular complexity index is 592. The largest absolute Gasteiger partial charge is 0.334 e. The Morgan fingerprint density at radius 1 is 1.32 bits per heavy atom. The van der Waals surface area contributed by atoms with Crippen molar-refractivity contribution in [3.8, 4) is 0 Å². The van der Waals surface area contributed by atoms with Gasteiger partial charge in [0.1, 0.15) is 5.82 Å². The zero-order valence-corrected chi connectivity index (χ0v) is 10.6. The second kappa shape index (κ2) is 6.15. The summed E-state index contributed by atoms with van der Waals surface area (Å²) in [6.45, 7) is 0.224. The topological polar surface area (TPSA) is 54.0 Å². The van der Waals surface area contributed by atoms with Crippen LogP contribution in [0.3, 0.4) is 0 Å². The van der Waals surface area contributed by atoms with E-state index in [0.29, 0.717) is 11.3 Å². The van der Waals surface area contributed by atoms with Crippen LogP contribution in [0.4, 0.5) is 14.9 Å². The maximum absolute atomic E-state index is 12.9. The summed E-state index contributed by atoms with van der Waals surface area (Å²) in [4.78, 5) is 15.5. The van der Waals surface area contributed by atoms with Gasteiger partial charge in [-0.25, -0.2) is 14.2 Å². The summed E-state index contributed by atoms with van der Waals surface area (Å²) in [5, 5.41) is 5.37. The molecule has 6 heteroatoms. The van der Waals surface area contributed by atoms with E-state index in [4.69, 9.17) is 11.6 Å². The van der Waals surface area contributed by atoms with Crippen LogP contribution in [0.25, 0.3) is 0 Å². The van der Waals surface area contributed by atoms with E-state index in [1.165, 1.54) is 18.3 Å². The van der Waals surface area contributed by atoms with Gasteiger partial charge in [0, 0.05) is 12.7 Å². The molecule has 0 spiro atoms. The van der Waals surface area contributed by atoms with Crippen molar-refractivity contribution in [3.05, 3.63) is 59.1 Å². The van der Waals surface area contributed by atoms with Gasteiger partial charge < -0.3 is 10.6 Å².